The number of pyridine rings is 1. The highest BCUT2D eigenvalue weighted by molar-refractivity contribution is 5.73. The smallest absolute Gasteiger partial charge is 0.331 e. The number of aromatic amines is 1. The van der Waals surface area contributed by atoms with E-state index in [-0.39, 0.29) is 12.0 Å². The van der Waals surface area contributed by atoms with Gasteiger partial charge in [-0.3, -0.25) is 4.79 Å². The molecule has 0 saturated carbocycles. The molecule has 1 rings (SSSR count). The van der Waals surface area contributed by atoms with E-state index in [1.807, 2.05) is 4.98 Å². The Labute approximate surface area is 83.8 Å². The van der Waals surface area contributed by atoms with Crippen molar-refractivity contribution in [2.24, 2.45) is 0 Å². The summed E-state index contributed by atoms with van der Waals surface area (Å²) in [4.78, 5) is 33.5. The van der Waals surface area contributed by atoms with Gasteiger partial charge in [-0.15, -0.1) is 0 Å². The van der Waals surface area contributed by atoms with Gasteiger partial charge in [-0.05, 0) is 11.0 Å². The molecule has 0 atom stereocenters. The van der Waals surface area contributed by atoms with Gasteiger partial charge in [-0.25, -0.2) is 9.78 Å². The SMILES string of the molecule is COC(=O)Cc1ccc(=O)[nH]c1[N+](=O)[O-]. The van der Waals surface area contributed by atoms with E-state index in [2.05, 4.69) is 4.74 Å². The van der Waals surface area contributed by atoms with Crippen LogP contribution in [0.1, 0.15) is 5.56 Å². The molecule has 0 aliphatic rings. The maximum atomic E-state index is 10.9. The van der Waals surface area contributed by atoms with E-state index in [0.717, 1.165) is 6.07 Å². The Hall–Kier alpha value is -2.18. The topological polar surface area (TPSA) is 102 Å². The molecule has 1 aromatic rings. The zero-order valence-corrected chi connectivity index (χ0v) is 7.85. The lowest BCUT2D eigenvalue weighted by atomic mass is 10.2. The summed E-state index contributed by atoms with van der Waals surface area (Å²) >= 11 is 0. The summed E-state index contributed by atoms with van der Waals surface area (Å²) in [6.45, 7) is 0. The van der Waals surface area contributed by atoms with Gasteiger partial charge in [-0.2, -0.15) is 0 Å². The van der Waals surface area contributed by atoms with Gasteiger partial charge < -0.3 is 14.9 Å². The predicted molar refractivity (Wildman–Crippen MR) is 49.4 cm³/mol. The first-order chi connectivity index (χ1) is 7.04. The Bertz CT molecular complexity index is 451. The number of hydrogen-bond donors (Lipinski definition) is 1. The van der Waals surface area contributed by atoms with E-state index < -0.39 is 22.3 Å². The number of nitrogens with one attached hydrogen (secondary N) is 1. The van der Waals surface area contributed by atoms with Crippen LogP contribution in [0.2, 0.25) is 0 Å². The molecule has 7 nitrogen and oxygen atoms in total. The summed E-state index contributed by atoms with van der Waals surface area (Å²) in [6.07, 6.45) is -0.246. The molecule has 1 heterocycles. The van der Waals surface area contributed by atoms with Gasteiger partial charge in [0, 0.05) is 6.07 Å². The van der Waals surface area contributed by atoms with Gasteiger partial charge in [0.25, 0.3) is 0 Å². The molecule has 1 N–H and O–H groups in total. The molecule has 7 heteroatoms. The van der Waals surface area contributed by atoms with Crippen LogP contribution >= 0.6 is 0 Å². The number of esters is 1. The van der Waals surface area contributed by atoms with Crippen molar-refractivity contribution in [2.45, 2.75) is 6.42 Å². The van der Waals surface area contributed by atoms with Crippen LogP contribution in [-0.4, -0.2) is 23.0 Å². The van der Waals surface area contributed by atoms with Crippen molar-refractivity contribution >= 4 is 11.8 Å². The van der Waals surface area contributed by atoms with Crippen LogP contribution in [0, 0.1) is 10.1 Å². The maximum Gasteiger partial charge on any atom is 0.331 e. The Balaban J connectivity index is 3.11. The Morgan fingerprint density at radius 2 is 2.27 bits per heavy atom. The number of methoxy groups -OCH3 is 1. The first-order valence-corrected chi connectivity index (χ1v) is 3.98. The fourth-order valence-corrected chi connectivity index (χ4v) is 1.03. The normalized spacial score (nSPS) is 9.67. The summed E-state index contributed by atoms with van der Waals surface area (Å²) in [5.74, 6) is -1.09. The van der Waals surface area contributed by atoms with E-state index in [0.29, 0.717) is 0 Å². The third-order valence-electron chi connectivity index (χ3n) is 1.73. The van der Waals surface area contributed by atoms with Gasteiger partial charge in [0.1, 0.15) is 0 Å². The van der Waals surface area contributed by atoms with Crippen LogP contribution in [-0.2, 0) is 16.0 Å². The number of carbonyl (C=O) groups excluding carboxylic acids is 1. The Morgan fingerprint density at radius 1 is 1.60 bits per heavy atom. The molecule has 0 aromatic carbocycles. The fourth-order valence-electron chi connectivity index (χ4n) is 1.03. The van der Waals surface area contributed by atoms with Crippen molar-refractivity contribution in [2.75, 3.05) is 7.11 Å². The van der Waals surface area contributed by atoms with Crippen molar-refractivity contribution in [3.05, 3.63) is 38.2 Å². The molecule has 0 aliphatic heterocycles. The van der Waals surface area contributed by atoms with E-state index in [1.165, 1.54) is 13.2 Å². The molecule has 80 valence electrons. The van der Waals surface area contributed by atoms with Crippen molar-refractivity contribution in [1.29, 1.82) is 0 Å². The second kappa shape index (κ2) is 4.36. The highest BCUT2D eigenvalue weighted by Gasteiger charge is 2.16. The average Bonchev–Trinajstić information content (AvgIpc) is 2.20. The van der Waals surface area contributed by atoms with Crippen LogP contribution in [0.5, 0.6) is 0 Å². The van der Waals surface area contributed by atoms with Gasteiger partial charge in [0.15, 0.2) is 0 Å². The van der Waals surface area contributed by atoms with E-state index in [4.69, 9.17) is 0 Å². The molecule has 15 heavy (non-hydrogen) atoms. The first kappa shape index (κ1) is 10.9. The minimum Gasteiger partial charge on any atom is -0.469 e. The number of aromatic nitrogens is 1. The lowest BCUT2D eigenvalue weighted by molar-refractivity contribution is -0.390. The van der Waals surface area contributed by atoms with Crippen molar-refractivity contribution in [3.8, 4) is 0 Å². The Morgan fingerprint density at radius 3 is 2.80 bits per heavy atom. The van der Waals surface area contributed by atoms with E-state index in [9.17, 15) is 19.7 Å². The van der Waals surface area contributed by atoms with Gasteiger partial charge in [0.05, 0.1) is 19.1 Å². The molecule has 1 aromatic heterocycles. The minimum absolute atomic E-state index is 0.117. The van der Waals surface area contributed by atoms with Crippen LogP contribution in [0.3, 0.4) is 0 Å². The first-order valence-electron chi connectivity index (χ1n) is 3.98. The fraction of sp³-hybridized carbons (Fsp3) is 0.250. The molecule has 0 saturated heterocycles. The molecule has 0 amide bonds. The van der Waals surface area contributed by atoms with E-state index >= 15 is 0 Å². The summed E-state index contributed by atoms with van der Waals surface area (Å²) in [5, 5.41) is 10.5. The Kier molecular flexibility index (Phi) is 3.17. The molecule has 0 bridgehead atoms. The molecular formula is C8H8N2O5. The van der Waals surface area contributed by atoms with Crippen molar-refractivity contribution in [3.63, 3.8) is 0 Å². The molecule has 0 aliphatic carbocycles. The minimum atomic E-state index is -0.750. The van der Waals surface area contributed by atoms with E-state index in [1.54, 1.807) is 0 Å². The lowest BCUT2D eigenvalue weighted by Gasteiger charge is -2.01. The monoisotopic (exact) mass is 212 g/mol. The zero-order chi connectivity index (χ0) is 11.4. The average molecular weight is 212 g/mol. The predicted octanol–water partition coefficient (Wildman–Crippen LogP) is -0.00140. The van der Waals surface area contributed by atoms with Crippen LogP contribution in [0.25, 0.3) is 0 Å². The molecule has 0 fully saturated rings. The largest absolute Gasteiger partial charge is 0.469 e. The standard InChI is InChI=1S/C8H8N2O5/c1-15-7(12)4-5-2-3-6(11)9-8(5)10(13)14/h2-3H,4H2,1H3,(H,9,11). The van der Waals surface area contributed by atoms with Crippen LogP contribution in [0.15, 0.2) is 16.9 Å². The molecule has 0 unspecified atom stereocenters. The summed E-state index contributed by atoms with van der Waals surface area (Å²) < 4.78 is 4.37. The summed E-state index contributed by atoms with van der Waals surface area (Å²) in [5.41, 5.74) is -0.471. The highest BCUT2D eigenvalue weighted by atomic mass is 16.6. The number of ether oxygens (including phenoxy) is 1. The second-order valence-electron chi connectivity index (χ2n) is 2.71. The second-order valence-corrected chi connectivity index (χ2v) is 2.71. The number of carbonyl (C=O) groups is 1. The number of hydrogen-bond acceptors (Lipinski definition) is 5. The number of rotatable bonds is 3. The van der Waals surface area contributed by atoms with Crippen LogP contribution < -0.4 is 5.56 Å². The third-order valence-corrected chi connectivity index (χ3v) is 1.73. The molecule has 0 radical (unpaired) electrons. The van der Waals surface area contributed by atoms with Crippen LogP contribution in [0.4, 0.5) is 5.82 Å². The third kappa shape index (κ3) is 2.63. The number of nitrogens with zero attached hydrogens (tertiary/aromatic N) is 1. The van der Waals surface area contributed by atoms with Gasteiger partial charge in [0.2, 0.25) is 0 Å². The summed E-state index contributed by atoms with van der Waals surface area (Å²) in [6, 6.07) is 2.35. The zero-order valence-electron chi connectivity index (χ0n) is 7.85. The molecular weight excluding hydrogens is 204 g/mol. The van der Waals surface area contributed by atoms with Gasteiger partial charge >= 0.3 is 17.3 Å². The molecule has 0 spiro atoms. The number of H-pyrrole nitrogens is 1. The van der Waals surface area contributed by atoms with Gasteiger partial charge in [-0.1, -0.05) is 0 Å². The summed E-state index contributed by atoms with van der Waals surface area (Å²) in [7, 11) is 1.18. The van der Waals surface area contributed by atoms with Crippen molar-refractivity contribution < 1.29 is 14.5 Å². The quantitative estimate of drug-likeness (QED) is 0.431. The lowest BCUT2D eigenvalue weighted by Crippen LogP contribution is -2.13. The maximum absolute atomic E-state index is 10.9. The van der Waals surface area contributed by atoms with Crippen molar-refractivity contribution in [1.82, 2.24) is 4.98 Å². The number of nitro groups is 1. The highest BCUT2D eigenvalue weighted by Crippen LogP contribution is 2.13.